The number of hydrogen-bond donors (Lipinski definition) is 3. The van der Waals surface area contributed by atoms with Crippen molar-refractivity contribution in [2.45, 2.75) is 25.4 Å². The van der Waals surface area contributed by atoms with Crippen molar-refractivity contribution in [2.24, 2.45) is 0 Å². The van der Waals surface area contributed by atoms with Gasteiger partial charge in [0.2, 0.25) is 5.91 Å². The van der Waals surface area contributed by atoms with Gasteiger partial charge < -0.3 is 20.6 Å². The lowest BCUT2D eigenvalue weighted by atomic mass is 9.96. The number of halogens is 1. The molecular formula is C25H24FN3O2. The summed E-state index contributed by atoms with van der Waals surface area (Å²) in [5.41, 5.74) is 3.98. The number of benzene rings is 3. The number of anilines is 2. The molecule has 6 heteroatoms. The Kier molecular flexibility index (Phi) is 4.87. The number of phenols is 1. The molecule has 2 saturated heterocycles. The molecule has 5 rings (SSSR count). The Morgan fingerprint density at radius 3 is 2.48 bits per heavy atom. The summed E-state index contributed by atoms with van der Waals surface area (Å²) in [5.74, 6) is -0.772. The summed E-state index contributed by atoms with van der Waals surface area (Å²) < 4.78 is 14.4. The van der Waals surface area contributed by atoms with E-state index in [0.717, 1.165) is 24.3 Å². The van der Waals surface area contributed by atoms with Gasteiger partial charge in [-0.3, -0.25) is 4.79 Å². The lowest BCUT2D eigenvalue weighted by Crippen LogP contribution is -2.43. The molecule has 2 aliphatic heterocycles. The fourth-order valence-electron chi connectivity index (χ4n) is 4.71. The third-order valence-electron chi connectivity index (χ3n) is 6.17. The van der Waals surface area contributed by atoms with Crippen molar-refractivity contribution < 1.29 is 14.3 Å². The Morgan fingerprint density at radius 1 is 1.10 bits per heavy atom. The number of aromatic hydroxyl groups is 1. The van der Waals surface area contributed by atoms with Gasteiger partial charge in [-0.05, 0) is 41.8 Å². The van der Waals surface area contributed by atoms with Crippen LogP contribution in [0.3, 0.4) is 0 Å². The monoisotopic (exact) mass is 417 g/mol. The topological polar surface area (TPSA) is 64.6 Å². The minimum Gasteiger partial charge on any atom is -0.507 e. The van der Waals surface area contributed by atoms with Crippen LogP contribution in [-0.4, -0.2) is 36.2 Å². The predicted molar refractivity (Wildman–Crippen MR) is 121 cm³/mol. The van der Waals surface area contributed by atoms with Gasteiger partial charge >= 0.3 is 0 Å². The van der Waals surface area contributed by atoms with Gasteiger partial charge in [-0.25, -0.2) is 4.39 Å². The van der Waals surface area contributed by atoms with E-state index < -0.39 is 5.82 Å². The number of rotatable bonds is 4. The van der Waals surface area contributed by atoms with E-state index >= 15 is 0 Å². The highest BCUT2D eigenvalue weighted by Gasteiger charge is 2.37. The van der Waals surface area contributed by atoms with Crippen LogP contribution in [0.1, 0.15) is 13.3 Å². The molecule has 31 heavy (non-hydrogen) atoms. The summed E-state index contributed by atoms with van der Waals surface area (Å²) in [5, 5.41) is 17.0. The van der Waals surface area contributed by atoms with Crippen molar-refractivity contribution in [3.05, 3.63) is 66.5 Å². The lowest BCUT2D eigenvalue weighted by molar-refractivity contribution is -0.114. The maximum atomic E-state index is 14.4. The van der Waals surface area contributed by atoms with Crippen LogP contribution < -0.4 is 15.5 Å². The molecule has 2 unspecified atom stereocenters. The largest absolute Gasteiger partial charge is 0.507 e. The number of amides is 1. The SMILES string of the molecule is CC(=O)Nc1ccc(-c2cccc(-c3cccc(N4CC5CC4CN5)c3)c2O)cc1F. The Balaban J connectivity index is 1.49. The molecule has 158 valence electrons. The van der Waals surface area contributed by atoms with Crippen LogP contribution >= 0.6 is 0 Å². The Labute approximate surface area is 180 Å². The quantitative estimate of drug-likeness (QED) is 0.590. The van der Waals surface area contributed by atoms with E-state index in [1.54, 1.807) is 12.1 Å². The van der Waals surface area contributed by atoms with Crippen molar-refractivity contribution >= 4 is 17.3 Å². The molecule has 2 atom stereocenters. The zero-order valence-corrected chi connectivity index (χ0v) is 17.2. The molecule has 0 radical (unpaired) electrons. The molecule has 0 saturated carbocycles. The van der Waals surface area contributed by atoms with Gasteiger partial charge in [0.05, 0.1) is 5.69 Å². The number of carbonyl (C=O) groups is 1. The van der Waals surface area contributed by atoms with Crippen LogP contribution in [0.25, 0.3) is 22.3 Å². The summed E-state index contributed by atoms with van der Waals surface area (Å²) in [4.78, 5) is 13.6. The van der Waals surface area contributed by atoms with Crippen molar-refractivity contribution in [3.8, 4) is 28.0 Å². The van der Waals surface area contributed by atoms with Gasteiger partial charge in [-0.2, -0.15) is 0 Å². The number of nitrogens with zero attached hydrogens (tertiary/aromatic N) is 1. The Morgan fingerprint density at radius 2 is 1.84 bits per heavy atom. The highest BCUT2D eigenvalue weighted by molar-refractivity contribution is 5.90. The molecule has 2 fully saturated rings. The number of nitrogens with one attached hydrogen (secondary N) is 2. The van der Waals surface area contributed by atoms with Crippen LogP contribution in [0, 0.1) is 5.82 Å². The summed E-state index contributed by atoms with van der Waals surface area (Å²) in [6.07, 6.45) is 1.17. The van der Waals surface area contributed by atoms with E-state index in [9.17, 15) is 14.3 Å². The fraction of sp³-hybridized carbons (Fsp3) is 0.240. The molecular weight excluding hydrogens is 393 g/mol. The molecule has 2 bridgehead atoms. The van der Waals surface area contributed by atoms with Crippen LogP contribution in [-0.2, 0) is 4.79 Å². The summed E-state index contributed by atoms with van der Waals surface area (Å²) in [6, 6.07) is 19.3. The van der Waals surface area contributed by atoms with Gasteiger partial charge in [0.25, 0.3) is 0 Å². The van der Waals surface area contributed by atoms with Gasteiger partial charge in [0, 0.05) is 48.9 Å². The van der Waals surface area contributed by atoms with E-state index in [1.165, 1.54) is 25.5 Å². The number of piperazine rings is 1. The molecule has 0 aliphatic carbocycles. The molecule has 3 N–H and O–H groups in total. The fourth-order valence-corrected chi connectivity index (χ4v) is 4.71. The third-order valence-corrected chi connectivity index (χ3v) is 6.17. The van der Waals surface area contributed by atoms with Crippen molar-refractivity contribution in [3.63, 3.8) is 0 Å². The van der Waals surface area contributed by atoms with Gasteiger partial charge in [-0.1, -0.05) is 36.4 Å². The first-order valence-electron chi connectivity index (χ1n) is 10.5. The summed E-state index contributed by atoms with van der Waals surface area (Å²) >= 11 is 0. The zero-order chi connectivity index (χ0) is 21.5. The smallest absolute Gasteiger partial charge is 0.221 e. The molecule has 5 nitrogen and oxygen atoms in total. The second-order valence-corrected chi connectivity index (χ2v) is 8.27. The number of phenolic OH excluding ortho intramolecular Hbond substituents is 1. The Hall–Kier alpha value is -3.38. The minimum absolute atomic E-state index is 0.107. The first-order chi connectivity index (χ1) is 15.0. The third kappa shape index (κ3) is 3.64. The highest BCUT2D eigenvalue weighted by atomic mass is 19.1. The first kappa shape index (κ1) is 19.6. The van der Waals surface area contributed by atoms with Gasteiger partial charge in [-0.15, -0.1) is 0 Å². The van der Waals surface area contributed by atoms with E-state index in [4.69, 9.17) is 0 Å². The van der Waals surface area contributed by atoms with Crippen molar-refractivity contribution in [2.75, 3.05) is 23.3 Å². The second kappa shape index (κ2) is 7.71. The molecule has 3 aromatic carbocycles. The number of fused-ring (bicyclic) bond motifs is 2. The van der Waals surface area contributed by atoms with Crippen LogP contribution in [0.5, 0.6) is 5.75 Å². The molecule has 0 spiro atoms. The van der Waals surface area contributed by atoms with E-state index in [2.05, 4.69) is 27.7 Å². The predicted octanol–water partition coefficient (Wildman–Crippen LogP) is 4.37. The molecule has 0 aromatic heterocycles. The molecule has 2 aliphatic rings. The van der Waals surface area contributed by atoms with E-state index in [-0.39, 0.29) is 17.3 Å². The lowest BCUT2D eigenvalue weighted by Gasteiger charge is -2.30. The minimum atomic E-state index is -0.544. The van der Waals surface area contributed by atoms with Crippen LogP contribution in [0.15, 0.2) is 60.7 Å². The van der Waals surface area contributed by atoms with E-state index in [0.29, 0.717) is 28.8 Å². The van der Waals surface area contributed by atoms with E-state index in [1.807, 2.05) is 24.3 Å². The van der Waals surface area contributed by atoms with Crippen LogP contribution in [0.4, 0.5) is 15.8 Å². The van der Waals surface area contributed by atoms with Gasteiger partial charge in [0.1, 0.15) is 11.6 Å². The summed E-state index contributed by atoms with van der Waals surface area (Å²) in [7, 11) is 0. The number of hydrogen-bond acceptors (Lipinski definition) is 4. The first-order valence-corrected chi connectivity index (χ1v) is 10.5. The standard InChI is InChI=1S/C25H24FN3O2/c1-15(30)28-24-9-8-17(11-23(24)26)22-7-3-6-21(25(22)31)16-4-2-5-19(10-16)29-14-18-12-20(29)13-27-18/h2-11,18,20,27,31H,12-14H2,1H3,(H,28,30). The van der Waals surface area contributed by atoms with Crippen LogP contribution in [0.2, 0.25) is 0 Å². The van der Waals surface area contributed by atoms with Gasteiger partial charge in [0.15, 0.2) is 0 Å². The maximum absolute atomic E-state index is 14.4. The van der Waals surface area contributed by atoms with Crippen molar-refractivity contribution in [1.29, 1.82) is 0 Å². The normalized spacial score (nSPS) is 19.6. The molecule has 3 aromatic rings. The maximum Gasteiger partial charge on any atom is 0.221 e. The summed E-state index contributed by atoms with van der Waals surface area (Å²) in [6.45, 7) is 3.34. The second-order valence-electron chi connectivity index (χ2n) is 8.27. The molecule has 1 amide bonds. The number of carbonyl (C=O) groups excluding carboxylic acids is 1. The Bertz CT molecular complexity index is 1160. The zero-order valence-electron chi connectivity index (χ0n) is 17.2. The average Bonchev–Trinajstić information content (AvgIpc) is 3.39. The average molecular weight is 417 g/mol. The molecule has 2 heterocycles. The number of para-hydroxylation sites is 1. The highest BCUT2D eigenvalue weighted by Crippen LogP contribution is 2.40. The van der Waals surface area contributed by atoms with Crippen molar-refractivity contribution in [1.82, 2.24) is 5.32 Å².